The Morgan fingerprint density at radius 2 is 2.11 bits per heavy atom. The van der Waals surface area contributed by atoms with Gasteiger partial charge in [-0.05, 0) is 18.2 Å². The van der Waals surface area contributed by atoms with Crippen molar-refractivity contribution in [1.82, 2.24) is 0 Å². The maximum absolute atomic E-state index is 11.8. The Bertz CT molecular complexity index is 605. The van der Waals surface area contributed by atoms with Gasteiger partial charge in [-0.2, -0.15) is 0 Å². The van der Waals surface area contributed by atoms with Gasteiger partial charge in [-0.25, -0.2) is 13.6 Å². The highest BCUT2D eigenvalue weighted by atomic mass is 79.9. The molecule has 98 valence electrons. The van der Waals surface area contributed by atoms with Crippen LogP contribution in [0.1, 0.15) is 6.42 Å². The Balaban J connectivity index is 2.33. The average Bonchev–Trinajstić information content (AvgIpc) is 2.60. The first-order chi connectivity index (χ1) is 8.29. The summed E-state index contributed by atoms with van der Waals surface area (Å²) in [6.45, 7) is 0.0407. The number of hydrogen-bond acceptors (Lipinski definition) is 3. The molecule has 1 unspecified atom stereocenters. The molecule has 1 aromatic rings. The van der Waals surface area contributed by atoms with E-state index in [4.69, 9.17) is 16.7 Å². The molecule has 2 rings (SSSR count). The Hall–Kier alpha value is -0.630. The first kappa shape index (κ1) is 13.8. The van der Waals surface area contributed by atoms with Gasteiger partial charge in [-0.1, -0.05) is 27.5 Å². The topological polar surface area (TPSA) is 80.5 Å². The number of benzene rings is 1. The van der Waals surface area contributed by atoms with E-state index in [1.807, 2.05) is 0 Å². The van der Waals surface area contributed by atoms with Crippen molar-refractivity contribution in [3.05, 3.63) is 27.7 Å². The fourth-order valence-electron chi connectivity index (χ4n) is 1.83. The average molecular weight is 354 g/mol. The zero-order valence-electron chi connectivity index (χ0n) is 9.14. The van der Waals surface area contributed by atoms with E-state index in [-0.39, 0.29) is 18.9 Å². The molecule has 5 nitrogen and oxygen atoms in total. The highest BCUT2D eigenvalue weighted by Gasteiger charge is 2.37. The quantitative estimate of drug-likeness (QED) is 0.875. The number of anilines is 1. The minimum Gasteiger partial charge on any atom is -0.310 e. The lowest BCUT2D eigenvalue weighted by molar-refractivity contribution is -0.117. The number of nitrogens with two attached hydrogens (primary N) is 1. The normalized spacial score (nSPS) is 20.5. The smallest absolute Gasteiger partial charge is 0.228 e. The minimum atomic E-state index is -3.71. The van der Waals surface area contributed by atoms with E-state index in [2.05, 4.69) is 15.9 Å². The van der Waals surface area contributed by atoms with Gasteiger partial charge in [0.1, 0.15) is 5.25 Å². The molecule has 0 spiro atoms. The van der Waals surface area contributed by atoms with E-state index in [1.165, 1.54) is 4.90 Å². The zero-order chi connectivity index (χ0) is 13.5. The highest BCUT2D eigenvalue weighted by molar-refractivity contribution is 9.10. The summed E-state index contributed by atoms with van der Waals surface area (Å²) >= 11 is 9.29. The van der Waals surface area contributed by atoms with Crippen LogP contribution in [-0.2, 0) is 14.8 Å². The van der Waals surface area contributed by atoms with Gasteiger partial charge in [0.2, 0.25) is 15.9 Å². The number of carbonyl (C=O) groups is 1. The standard InChI is InChI=1S/C10H10BrClN2O3S/c11-6-1-2-9(8(12)3-6)14-5-7(4-10(14)15)18(13,16)17/h1-3,7H,4-5H2,(H2,13,16,17). The predicted molar refractivity (Wildman–Crippen MR) is 73.0 cm³/mol. The van der Waals surface area contributed by atoms with Crippen molar-refractivity contribution in [1.29, 1.82) is 0 Å². The van der Waals surface area contributed by atoms with Gasteiger partial charge < -0.3 is 4.90 Å². The lowest BCUT2D eigenvalue weighted by atomic mass is 10.3. The lowest BCUT2D eigenvalue weighted by Crippen LogP contribution is -2.32. The van der Waals surface area contributed by atoms with Crippen molar-refractivity contribution in [2.45, 2.75) is 11.7 Å². The second-order valence-electron chi connectivity index (χ2n) is 4.02. The number of primary sulfonamides is 1. The van der Waals surface area contributed by atoms with Gasteiger partial charge in [0.15, 0.2) is 0 Å². The fourth-order valence-corrected chi connectivity index (χ4v) is 3.34. The number of nitrogens with zero attached hydrogens (tertiary/aromatic N) is 1. The maximum atomic E-state index is 11.8. The molecule has 1 aliphatic rings. The van der Waals surface area contributed by atoms with E-state index in [9.17, 15) is 13.2 Å². The van der Waals surface area contributed by atoms with Crippen LogP contribution < -0.4 is 10.0 Å². The van der Waals surface area contributed by atoms with E-state index in [0.29, 0.717) is 10.7 Å². The minimum absolute atomic E-state index is 0.0407. The molecule has 18 heavy (non-hydrogen) atoms. The second kappa shape index (κ2) is 4.80. The first-order valence-corrected chi connectivity index (χ1v) is 7.84. The third-order valence-electron chi connectivity index (χ3n) is 2.75. The van der Waals surface area contributed by atoms with Crippen LogP contribution >= 0.6 is 27.5 Å². The zero-order valence-corrected chi connectivity index (χ0v) is 12.3. The van der Waals surface area contributed by atoms with Gasteiger partial charge in [0, 0.05) is 17.4 Å². The summed E-state index contributed by atoms with van der Waals surface area (Å²) in [6.07, 6.45) is -0.106. The molecule has 1 aromatic carbocycles. The van der Waals surface area contributed by atoms with Gasteiger partial charge in [0.05, 0.1) is 10.7 Å². The molecule has 1 saturated heterocycles. The molecule has 1 heterocycles. The molecule has 1 atom stereocenters. The Morgan fingerprint density at radius 3 is 2.61 bits per heavy atom. The number of carbonyl (C=O) groups excluding carboxylic acids is 1. The first-order valence-electron chi connectivity index (χ1n) is 5.06. The van der Waals surface area contributed by atoms with Gasteiger partial charge >= 0.3 is 0 Å². The fraction of sp³-hybridized carbons (Fsp3) is 0.300. The number of amides is 1. The Morgan fingerprint density at radius 1 is 1.44 bits per heavy atom. The summed E-state index contributed by atoms with van der Waals surface area (Å²) in [7, 11) is -3.71. The van der Waals surface area contributed by atoms with Gasteiger partial charge in [-0.3, -0.25) is 4.79 Å². The van der Waals surface area contributed by atoms with E-state index in [0.717, 1.165) is 4.47 Å². The highest BCUT2D eigenvalue weighted by Crippen LogP contribution is 2.32. The lowest BCUT2D eigenvalue weighted by Gasteiger charge is -2.17. The molecular formula is C10H10BrClN2O3S. The maximum Gasteiger partial charge on any atom is 0.228 e. The van der Waals surface area contributed by atoms with Crippen molar-refractivity contribution in [2.24, 2.45) is 5.14 Å². The van der Waals surface area contributed by atoms with E-state index >= 15 is 0 Å². The monoisotopic (exact) mass is 352 g/mol. The van der Waals surface area contributed by atoms with E-state index in [1.54, 1.807) is 18.2 Å². The largest absolute Gasteiger partial charge is 0.310 e. The molecule has 1 fully saturated rings. The van der Waals surface area contributed by atoms with Crippen molar-refractivity contribution in [3.63, 3.8) is 0 Å². The number of rotatable bonds is 2. The van der Waals surface area contributed by atoms with Crippen molar-refractivity contribution in [2.75, 3.05) is 11.4 Å². The molecule has 0 saturated carbocycles. The van der Waals surface area contributed by atoms with Crippen LogP contribution in [0.15, 0.2) is 22.7 Å². The summed E-state index contributed by atoms with van der Waals surface area (Å²) in [5, 5.41) is 4.57. The van der Waals surface area contributed by atoms with Crippen molar-refractivity contribution >= 4 is 49.1 Å². The second-order valence-corrected chi connectivity index (χ2v) is 7.18. The van der Waals surface area contributed by atoms with Crippen LogP contribution in [0, 0.1) is 0 Å². The number of halogens is 2. The Kier molecular flexibility index (Phi) is 3.68. The molecule has 2 N–H and O–H groups in total. The van der Waals surface area contributed by atoms with Crippen molar-refractivity contribution < 1.29 is 13.2 Å². The molecule has 0 aliphatic carbocycles. The van der Waals surface area contributed by atoms with Crippen LogP contribution in [0.3, 0.4) is 0 Å². The van der Waals surface area contributed by atoms with Crippen LogP contribution in [0.25, 0.3) is 0 Å². The number of hydrogen-bond donors (Lipinski definition) is 1. The summed E-state index contributed by atoms with van der Waals surface area (Å²) in [6, 6.07) is 5.04. The molecule has 1 amide bonds. The Labute approximate surface area is 118 Å². The molecule has 0 aromatic heterocycles. The van der Waals surface area contributed by atoms with Crippen molar-refractivity contribution in [3.8, 4) is 0 Å². The summed E-state index contributed by atoms with van der Waals surface area (Å²) in [4.78, 5) is 13.2. The van der Waals surface area contributed by atoms with Crippen LogP contribution in [0.4, 0.5) is 5.69 Å². The van der Waals surface area contributed by atoms with Crippen LogP contribution in [0.2, 0.25) is 5.02 Å². The molecule has 0 bridgehead atoms. The molecule has 0 radical (unpaired) electrons. The SMILES string of the molecule is NS(=O)(=O)C1CC(=O)N(c2ccc(Br)cc2Cl)C1. The van der Waals surface area contributed by atoms with Gasteiger partial charge in [-0.15, -0.1) is 0 Å². The van der Waals surface area contributed by atoms with Gasteiger partial charge in [0.25, 0.3) is 0 Å². The van der Waals surface area contributed by atoms with Crippen LogP contribution in [-0.4, -0.2) is 26.1 Å². The van der Waals surface area contributed by atoms with Crippen LogP contribution in [0.5, 0.6) is 0 Å². The summed E-state index contributed by atoms with van der Waals surface area (Å²) in [5.74, 6) is -0.293. The molecule has 1 aliphatic heterocycles. The van der Waals surface area contributed by atoms with E-state index < -0.39 is 15.3 Å². The summed E-state index contributed by atoms with van der Waals surface area (Å²) < 4.78 is 23.3. The number of sulfonamides is 1. The third-order valence-corrected chi connectivity index (χ3v) is 4.80. The summed E-state index contributed by atoms with van der Waals surface area (Å²) in [5.41, 5.74) is 0.496. The molecule has 8 heteroatoms. The third kappa shape index (κ3) is 2.69. The molecular weight excluding hydrogens is 344 g/mol. The predicted octanol–water partition coefficient (Wildman–Crippen LogP) is 1.50.